The van der Waals surface area contributed by atoms with Gasteiger partial charge in [0.25, 0.3) is 0 Å². The van der Waals surface area contributed by atoms with Crippen LogP contribution in [-0.4, -0.2) is 11.1 Å². The molecule has 2 aromatic rings. The maximum Gasteiger partial charge on any atom is 0.169 e. The van der Waals surface area contributed by atoms with Crippen LogP contribution in [0.15, 0.2) is 42.6 Å². The number of rotatable bonds is 5. The number of halogens is 1. The summed E-state index contributed by atoms with van der Waals surface area (Å²) in [6, 6.07) is 11.7. The molecule has 0 aliphatic heterocycles. The molecule has 3 nitrogen and oxygen atoms in total. The van der Waals surface area contributed by atoms with Crippen LogP contribution in [-0.2, 0) is 0 Å². The standard InChI is InChI=1S/C16H19ClN2O/c1-11(2)20-15-5-4-10-18-16(15)19-12(3)13-6-8-14(17)9-7-13/h4-12H,1-3H3,(H,18,19). The first-order chi connectivity index (χ1) is 9.56. The van der Waals surface area contributed by atoms with E-state index in [4.69, 9.17) is 16.3 Å². The van der Waals surface area contributed by atoms with Gasteiger partial charge in [0, 0.05) is 11.2 Å². The van der Waals surface area contributed by atoms with Crippen LogP contribution in [0.25, 0.3) is 0 Å². The van der Waals surface area contributed by atoms with Gasteiger partial charge >= 0.3 is 0 Å². The van der Waals surface area contributed by atoms with Gasteiger partial charge in [0.1, 0.15) is 0 Å². The highest BCUT2D eigenvalue weighted by Crippen LogP contribution is 2.27. The summed E-state index contributed by atoms with van der Waals surface area (Å²) in [5, 5.41) is 4.11. The highest BCUT2D eigenvalue weighted by molar-refractivity contribution is 6.30. The molecular formula is C16H19ClN2O. The predicted octanol–water partition coefficient (Wildman–Crippen LogP) is 4.70. The highest BCUT2D eigenvalue weighted by atomic mass is 35.5. The Morgan fingerprint density at radius 3 is 2.45 bits per heavy atom. The van der Waals surface area contributed by atoms with Crippen LogP contribution in [0.3, 0.4) is 0 Å². The van der Waals surface area contributed by atoms with Crippen LogP contribution in [0.4, 0.5) is 5.82 Å². The number of aromatic nitrogens is 1. The fraction of sp³-hybridized carbons (Fsp3) is 0.312. The third kappa shape index (κ3) is 3.87. The molecule has 0 spiro atoms. The lowest BCUT2D eigenvalue weighted by Gasteiger charge is -2.19. The van der Waals surface area contributed by atoms with E-state index in [2.05, 4.69) is 17.2 Å². The number of nitrogens with zero attached hydrogens (tertiary/aromatic N) is 1. The zero-order chi connectivity index (χ0) is 14.5. The minimum atomic E-state index is 0.116. The van der Waals surface area contributed by atoms with E-state index in [1.165, 1.54) is 0 Å². The van der Waals surface area contributed by atoms with Crippen molar-refractivity contribution in [2.75, 3.05) is 5.32 Å². The largest absolute Gasteiger partial charge is 0.487 e. The minimum absolute atomic E-state index is 0.116. The molecule has 1 unspecified atom stereocenters. The second-order valence-corrected chi connectivity index (χ2v) is 5.37. The van der Waals surface area contributed by atoms with E-state index in [1.54, 1.807) is 6.20 Å². The van der Waals surface area contributed by atoms with Crippen LogP contribution < -0.4 is 10.1 Å². The summed E-state index contributed by atoms with van der Waals surface area (Å²) in [6.45, 7) is 6.08. The molecule has 2 rings (SSSR count). The van der Waals surface area contributed by atoms with Crippen molar-refractivity contribution in [2.45, 2.75) is 32.9 Å². The summed E-state index contributed by atoms with van der Waals surface area (Å²) < 4.78 is 5.76. The van der Waals surface area contributed by atoms with Gasteiger partial charge in [-0.15, -0.1) is 0 Å². The molecule has 1 N–H and O–H groups in total. The third-order valence-corrected chi connectivity index (χ3v) is 3.11. The van der Waals surface area contributed by atoms with Gasteiger partial charge in [0.15, 0.2) is 11.6 Å². The second-order valence-electron chi connectivity index (χ2n) is 4.93. The van der Waals surface area contributed by atoms with Gasteiger partial charge in [-0.05, 0) is 50.6 Å². The summed E-state index contributed by atoms with van der Waals surface area (Å²) in [5.74, 6) is 1.52. The van der Waals surface area contributed by atoms with Crippen LogP contribution in [0.2, 0.25) is 5.02 Å². The summed E-state index contributed by atoms with van der Waals surface area (Å²) in [7, 11) is 0. The molecule has 0 saturated heterocycles. The molecule has 1 heterocycles. The Kier molecular flexibility index (Phi) is 4.85. The first-order valence-corrected chi connectivity index (χ1v) is 7.07. The van der Waals surface area contributed by atoms with Crippen LogP contribution >= 0.6 is 11.6 Å². The average molecular weight is 291 g/mol. The first-order valence-electron chi connectivity index (χ1n) is 6.70. The Morgan fingerprint density at radius 2 is 1.80 bits per heavy atom. The summed E-state index contributed by atoms with van der Waals surface area (Å²) in [4.78, 5) is 4.35. The first kappa shape index (κ1) is 14.7. The van der Waals surface area contributed by atoms with Crippen molar-refractivity contribution in [1.29, 1.82) is 0 Å². The molecule has 0 bridgehead atoms. The van der Waals surface area contributed by atoms with E-state index < -0.39 is 0 Å². The lowest BCUT2D eigenvalue weighted by molar-refractivity contribution is 0.242. The number of pyridine rings is 1. The Labute approximate surface area is 124 Å². The maximum absolute atomic E-state index is 5.91. The Hall–Kier alpha value is -1.74. The van der Waals surface area contributed by atoms with Crippen molar-refractivity contribution in [2.24, 2.45) is 0 Å². The topological polar surface area (TPSA) is 34.1 Å². The van der Waals surface area contributed by atoms with Crippen molar-refractivity contribution in [3.63, 3.8) is 0 Å². The Bertz CT molecular complexity index is 555. The normalized spacial score (nSPS) is 12.2. The van der Waals surface area contributed by atoms with Gasteiger partial charge in [-0.2, -0.15) is 0 Å². The zero-order valence-electron chi connectivity index (χ0n) is 11.9. The molecule has 0 aliphatic rings. The highest BCUT2D eigenvalue weighted by Gasteiger charge is 2.11. The van der Waals surface area contributed by atoms with Crippen LogP contribution in [0.1, 0.15) is 32.4 Å². The molecule has 0 saturated carbocycles. The predicted molar refractivity (Wildman–Crippen MR) is 83.5 cm³/mol. The number of benzene rings is 1. The second kappa shape index (κ2) is 6.62. The van der Waals surface area contributed by atoms with E-state index in [-0.39, 0.29) is 12.1 Å². The average Bonchev–Trinajstić information content (AvgIpc) is 2.41. The molecular weight excluding hydrogens is 272 g/mol. The van der Waals surface area contributed by atoms with Crippen molar-refractivity contribution in [3.8, 4) is 5.75 Å². The number of nitrogens with one attached hydrogen (secondary N) is 1. The smallest absolute Gasteiger partial charge is 0.169 e. The maximum atomic E-state index is 5.91. The van der Waals surface area contributed by atoms with Crippen molar-refractivity contribution >= 4 is 17.4 Å². The van der Waals surface area contributed by atoms with E-state index in [0.29, 0.717) is 0 Å². The fourth-order valence-electron chi connectivity index (χ4n) is 1.89. The third-order valence-electron chi connectivity index (χ3n) is 2.86. The van der Waals surface area contributed by atoms with E-state index in [0.717, 1.165) is 22.2 Å². The molecule has 0 amide bonds. The van der Waals surface area contributed by atoms with Gasteiger partial charge in [-0.3, -0.25) is 0 Å². The summed E-state index contributed by atoms with van der Waals surface area (Å²) in [6.07, 6.45) is 1.87. The van der Waals surface area contributed by atoms with Crippen LogP contribution in [0.5, 0.6) is 5.75 Å². The van der Waals surface area contributed by atoms with E-state index in [9.17, 15) is 0 Å². The van der Waals surface area contributed by atoms with Gasteiger partial charge in [-0.1, -0.05) is 23.7 Å². The molecule has 0 aliphatic carbocycles. The molecule has 1 aromatic carbocycles. The number of anilines is 1. The molecule has 20 heavy (non-hydrogen) atoms. The lowest BCUT2D eigenvalue weighted by atomic mass is 10.1. The van der Waals surface area contributed by atoms with Gasteiger partial charge in [0.05, 0.1) is 12.1 Å². The zero-order valence-corrected chi connectivity index (χ0v) is 12.7. The monoisotopic (exact) mass is 290 g/mol. The van der Waals surface area contributed by atoms with E-state index in [1.807, 2.05) is 50.2 Å². The lowest BCUT2D eigenvalue weighted by Crippen LogP contribution is -2.12. The molecule has 1 aromatic heterocycles. The van der Waals surface area contributed by atoms with Crippen molar-refractivity contribution in [1.82, 2.24) is 4.98 Å². The molecule has 106 valence electrons. The fourth-order valence-corrected chi connectivity index (χ4v) is 2.01. The van der Waals surface area contributed by atoms with E-state index >= 15 is 0 Å². The van der Waals surface area contributed by atoms with Crippen molar-refractivity contribution < 1.29 is 4.74 Å². The quantitative estimate of drug-likeness (QED) is 0.867. The summed E-state index contributed by atoms with van der Waals surface area (Å²) >= 11 is 5.91. The molecule has 1 atom stereocenters. The Balaban J connectivity index is 2.15. The summed E-state index contributed by atoms with van der Waals surface area (Å²) in [5.41, 5.74) is 1.15. The van der Waals surface area contributed by atoms with Crippen LogP contribution in [0, 0.1) is 0 Å². The SMILES string of the molecule is CC(C)Oc1cccnc1NC(C)c1ccc(Cl)cc1. The molecule has 0 fully saturated rings. The van der Waals surface area contributed by atoms with Gasteiger partial charge in [0.2, 0.25) is 0 Å². The number of ether oxygens (including phenoxy) is 1. The van der Waals surface area contributed by atoms with Gasteiger partial charge < -0.3 is 10.1 Å². The molecule has 4 heteroatoms. The number of hydrogen-bond donors (Lipinski definition) is 1. The minimum Gasteiger partial charge on any atom is -0.487 e. The molecule has 0 radical (unpaired) electrons. The Morgan fingerprint density at radius 1 is 1.10 bits per heavy atom. The van der Waals surface area contributed by atoms with Crippen molar-refractivity contribution in [3.05, 3.63) is 53.2 Å². The van der Waals surface area contributed by atoms with Gasteiger partial charge in [-0.25, -0.2) is 4.98 Å². The number of hydrogen-bond acceptors (Lipinski definition) is 3.